The second-order valence-corrected chi connectivity index (χ2v) is 9.75. The van der Waals surface area contributed by atoms with E-state index in [-0.39, 0.29) is 0 Å². The Kier molecular flexibility index (Phi) is 3.56. The van der Waals surface area contributed by atoms with Gasteiger partial charge in [0, 0.05) is 16.8 Å². The van der Waals surface area contributed by atoms with Crippen LogP contribution in [0.4, 0.5) is 0 Å². The lowest BCUT2D eigenvalue weighted by Gasteiger charge is -2.14. The van der Waals surface area contributed by atoms with Crippen LogP contribution in [0.3, 0.4) is 0 Å². The molecule has 0 saturated heterocycles. The van der Waals surface area contributed by atoms with E-state index in [0.717, 1.165) is 0 Å². The summed E-state index contributed by atoms with van der Waals surface area (Å²) >= 11 is 0. The second-order valence-electron chi connectivity index (χ2n) is 9.75. The lowest BCUT2D eigenvalue weighted by molar-refractivity contribution is -0.643. The first-order chi connectivity index (χ1) is 17.2. The largest absolute Gasteiger partial charge is 0.307 e. The van der Waals surface area contributed by atoms with Crippen molar-refractivity contribution in [3.63, 3.8) is 0 Å². The third-order valence-corrected chi connectivity index (χ3v) is 7.90. The Morgan fingerprint density at radius 3 is 2.31 bits per heavy atom. The molecule has 0 fully saturated rings. The van der Waals surface area contributed by atoms with Crippen molar-refractivity contribution in [1.29, 1.82) is 0 Å². The Bertz CT molecular complexity index is 2110. The molecule has 0 aliphatic heterocycles. The van der Waals surface area contributed by atoms with Crippen LogP contribution in [0.1, 0.15) is 5.56 Å². The lowest BCUT2D eigenvalue weighted by atomic mass is 9.96. The van der Waals surface area contributed by atoms with Crippen molar-refractivity contribution < 1.29 is 4.57 Å². The van der Waals surface area contributed by atoms with Gasteiger partial charge in [-0.2, -0.15) is 0 Å². The van der Waals surface area contributed by atoms with Crippen LogP contribution in [-0.4, -0.2) is 4.40 Å². The number of benzene rings is 5. The predicted octanol–water partition coefficient (Wildman–Crippen LogP) is 7.94. The van der Waals surface area contributed by atoms with Gasteiger partial charge in [-0.1, -0.05) is 72.8 Å². The molecule has 3 heterocycles. The summed E-state index contributed by atoms with van der Waals surface area (Å²) in [5, 5.41) is 9.19. The van der Waals surface area contributed by atoms with Crippen molar-refractivity contribution in [1.82, 2.24) is 4.40 Å². The summed E-state index contributed by atoms with van der Waals surface area (Å²) in [7, 11) is 2.18. The first-order valence-corrected chi connectivity index (χ1v) is 12.2. The van der Waals surface area contributed by atoms with E-state index in [0.29, 0.717) is 0 Å². The highest BCUT2D eigenvalue weighted by Gasteiger charge is 2.24. The van der Waals surface area contributed by atoms with Crippen LogP contribution in [0.2, 0.25) is 0 Å². The fourth-order valence-electron chi connectivity index (χ4n) is 6.30. The lowest BCUT2D eigenvalue weighted by Crippen LogP contribution is -2.28. The van der Waals surface area contributed by atoms with Gasteiger partial charge in [0.2, 0.25) is 5.52 Å². The van der Waals surface area contributed by atoms with Crippen LogP contribution in [0, 0.1) is 6.92 Å². The summed E-state index contributed by atoms with van der Waals surface area (Å²) in [6.45, 7) is 2.28. The maximum atomic E-state index is 2.52. The quantitative estimate of drug-likeness (QED) is 0.137. The normalized spacial score (nSPS) is 12.3. The van der Waals surface area contributed by atoms with Crippen molar-refractivity contribution in [2.45, 2.75) is 6.92 Å². The summed E-state index contributed by atoms with van der Waals surface area (Å²) in [5.41, 5.74) is 9.01. The molecule has 2 heteroatoms. The van der Waals surface area contributed by atoms with E-state index in [9.17, 15) is 0 Å². The topological polar surface area (TPSA) is 8.29 Å². The zero-order valence-corrected chi connectivity index (χ0v) is 19.7. The summed E-state index contributed by atoms with van der Waals surface area (Å²) in [6, 6.07) is 35.6. The van der Waals surface area contributed by atoms with E-state index in [1.54, 1.807) is 0 Å². The van der Waals surface area contributed by atoms with Crippen LogP contribution >= 0.6 is 0 Å². The number of pyridine rings is 2. The van der Waals surface area contributed by atoms with E-state index in [4.69, 9.17) is 0 Å². The Morgan fingerprint density at radius 1 is 0.600 bits per heavy atom. The molecule has 0 N–H and O–H groups in total. The molecular formula is C33H23N2+. The number of hydrogen-bond acceptors (Lipinski definition) is 0. The van der Waals surface area contributed by atoms with Gasteiger partial charge in [0.05, 0.1) is 27.3 Å². The Hall–Kier alpha value is -4.43. The average molecular weight is 448 g/mol. The maximum absolute atomic E-state index is 2.52. The molecule has 2 nitrogen and oxygen atoms in total. The van der Waals surface area contributed by atoms with Crippen molar-refractivity contribution in [2.24, 2.45) is 7.05 Å². The predicted molar refractivity (Wildman–Crippen MR) is 147 cm³/mol. The number of nitrogens with zero attached hydrogens (tertiary/aromatic N) is 2. The van der Waals surface area contributed by atoms with Crippen LogP contribution in [0.15, 0.2) is 103 Å². The maximum Gasteiger partial charge on any atom is 0.224 e. The summed E-state index contributed by atoms with van der Waals surface area (Å²) in [4.78, 5) is 0. The molecule has 3 aromatic heterocycles. The Labute approximate surface area is 202 Å². The molecule has 0 amide bonds. The van der Waals surface area contributed by atoms with E-state index in [1.165, 1.54) is 76.5 Å². The standard InChI is InChI=1S/C33H23N2/c1-20-25-11-7-6-10-24(25)19-29-30(20)33-31-22(16-17-34(33)2)12-14-26-27-18-23(21-8-4-3-5-9-21)13-15-28(27)35(29)32(26)31/h3-19H,1-2H3/q+1. The smallest absolute Gasteiger partial charge is 0.224 e. The first kappa shape index (κ1) is 18.9. The van der Waals surface area contributed by atoms with Crippen molar-refractivity contribution in [3.05, 3.63) is 109 Å². The van der Waals surface area contributed by atoms with Crippen molar-refractivity contribution in [2.75, 3.05) is 0 Å². The van der Waals surface area contributed by atoms with Gasteiger partial charge >= 0.3 is 0 Å². The number of rotatable bonds is 1. The van der Waals surface area contributed by atoms with E-state index < -0.39 is 0 Å². The molecule has 8 aromatic rings. The third-order valence-electron chi connectivity index (χ3n) is 7.90. The molecule has 0 bridgehead atoms. The van der Waals surface area contributed by atoms with Crippen LogP contribution in [0.5, 0.6) is 0 Å². The number of hydrogen-bond donors (Lipinski definition) is 0. The highest BCUT2D eigenvalue weighted by Crippen LogP contribution is 2.43. The minimum atomic E-state index is 1.25. The molecule has 0 atom stereocenters. The number of aryl methyl sites for hydroxylation is 2. The average Bonchev–Trinajstić information content (AvgIpc) is 3.24. The van der Waals surface area contributed by atoms with Gasteiger partial charge in [-0.05, 0) is 58.0 Å². The molecule has 0 saturated carbocycles. The van der Waals surface area contributed by atoms with Gasteiger partial charge in [-0.3, -0.25) is 0 Å². The Morgan fingerprint density at radius 2 is 1.43 bits per heavy atom. The molecule has 164 valence electrons. The fraction of sp³-hybridized carbons (Fsp3) is 0.0606. The SMILES string of the molecule is Cc1c2ccccc2cc2c1c1c3c(ccc4c5cc(-c6ccccc6)ccc5n2c43)cc[n+]1C. The van der Waals surface area contributed by atoms with Gasteiger partial charge in [-0.15, -0.1) is 0 Å². The number of aromatic nitrogens is 2. The summed E-state index contributed by atoms with van der Waals surface area (Å²) in [5.74, 6) is 0. The number of fused-ring (bicyclic) bond motifs is 7. The van der Waals surface area contributed by atoms with Crippen LogP contribution in [-0.2, 0) is 7.05 Å². The monoisotopic (exact) mass is 447 g/mol. The Balaban J connectivity index is 1.69. The highest BCUT2D eigenvalue weighted by molar-refractivity contribution is 6.28. The second kappa shape index (κ2) is 6.58. The molecule has 35 heavy (non-hydrogen) atoms. The van der Waals surface area contributed by atoms with Gasteiger partial charge < -0.3 is 4.40 Å². The molecule has 5 aromatic carbocycles. The summed E-state index contributed by atoms with van der Waals surface area (Å²) in [6.07, 6.45) is 2.20. The molecule has 0 aliphatic carbocycles. The molecule has 0 aliphatic rings. The van der Waals surface area contributed by atoms with Crippen molar-refractivity contribution in [3.8, 4) is 11.1 Å². The van der Waals surface area contributed by atoms with Gasteiger partial charge in [0.25, 0.3) is 0 Å². The van der Waals surface area contributed by atoms with E-state index in [1.807, 2.05) is 0 Å². The van der Waals surface area contributed by atoms with Gasteiger partial charge in [-0.25, -0.2) is 4.57 Å². The van der Waals surface area contributed by atoms with Gasteiger partial charge in [0.15, 0.2) is 6.20 Å². The molecule has 8 rings (SSSR count). The van der Waals surface area contributed by atoms with Crippen LogP contribution < -0.4 is 4.57 Å². The highest BCUT2D eigenvalue weighted by atomic mass is 15.0. The van der Waals surface area contributed by atoms with Gasteiger partial charge in [0.1, 0.15) is 7.05 Å². The molecule has 0 spiro atoms. The van der Waals surface area contributed by atoms with E-state index >= 15 is 0 Å². The van der Waals surface area contributed by atoms with E-state index in [2.05, 4.69) is 126 Å². The third kappa shape index (κ3) is 2.36. The molecule has 0 radical (unpaired) electrons. The minimum Gasteiger partial charge on any atom is -0.307 e. The molecule has 0 unspecified atom stereocenters. The zero-order valence-electron chi connectivity index (χ0n) is 19.7. The van der Waals surface area contributed by atoms with Crippen LogP contribution in [0.25, 0.3) is 70.9 Å². The summed E-state index contributed by atoms with van der Waals surface area (Å²) < 4.78 is 4.82. The van der Waals surface area contributed by atoms with Crippen molar-refractivity contribution >= 4 is 59.8 Å². The first-order valence-electron chi connectivity index (χ1n) is 12.2. The molecular weight excluding hydrogens is 424 g/mol. The zero-order chi connectivity index (χ0) is 23.3. The fourth-order valence-corrected chi connectivity index (χ4v) is 6.30. The minimum absolute atomic E-state index is 1.25.